The van der Waals surface area contributed by atoms with Crippen molar-refractivity contribution in [2.24, 2.45) is 5.92 Å². The molecule has 0 saturated carbocycles. The maximum Gasteiger partial charge on any atom is 0.178 e. The third kappa shape index (κ3) is 2.18. The molecule has 2 rings (SSSR count). The zero-order valence-electron chi connectivity index (χ0n) is 10.0. The molecule has 0 aromatic heterocycles. The summed E-state index contributed by atoms with van der Waals surface area (Å²) in [5.41, 5.74) is 2.50. The van der Waals surface area contributed by atoms with Crippen LogP contribution < -0.4 is 0 Å². The molecule has 1 heterocycles. The summed E-state index contributed by atoms with van der Waals surface area (Å²) >= 11 is 0. The first-order valence-corrected chi connectivity index (χ1v) is 5.67. The lowest BCUT2D eigenvalue weighted by Crippen LogP contribution is -2.10. The first kappa shape index (κ1) is 11.4. The number of hydrogen-bond acceptors (Lipinski definition) is 2. The summed E-state index contributed by atoms with van der Waals surface area (Å²) in [5, 5.41) is 0. The Hall–Kier alpha value is -1.12. The Balaban J connectivity index is 2.26. The van der Waals surface area contributed by atoms with Gasteiger partial charge < -0.3 is 9.47 Å². The summed E-state index contributed by atoms with van der Waals surface area (Å²) in [5.74, 6) is 0.477. The smallest absolute Gasteiger partial charge is 0.178 e. The highest BCUT2D eigenvalue weighted by Gasteiger charge is 2.29. The van der Waals surface area contributed by atoms with Gasteiger partial charge in [-0.25, -0.2) is 0 Å². The highest BCUT2D eigenvalue weighted by atomic mass is 16.7. The van der Waals surface area contributed by atoms with Gasteiger partial charge >= 0.3 is 0 Å². The number of hydrogen-bond donors (Lipinski definition) is 0. The van der Waals surface area contributed by atoms with Gasteiger partial charge in [0.15, 0.2) is 6.29 Å². The summed E-state index contributed by atoms with van der Waals surface area (Å²) in [4.78, 5) is 0. The molecule has 0 saturated heterocycles. The minimum Gasteiger partial charge on any atom is -0.352 e. The molecule has 1 aromatic carbocycles. The topological polar surface area (TPSA) is 18.5 Å². The Morgan fingerprint density at radius 1 is 1.19 bits per heavy atom. The lowest BCUT2D eigenvalue weighted by atomic mass is 9.94. The summed E-state index contributed by atoms with van der Waals surface area (Å²) < 4.78 is 11.1. The molecule has 0 amide bonds. The van der Waals surface area contributed by atoms with E-state index in [-0.39, 0.29) is 12.4 Å². The van der Waals surface area contributed by atoms with Crippen LogP contribution in [-0.2, 0) is 9.47 Å². The van der Waals surface area contributed by atoms with Gasteiger partial charge in [-0.1, -0.05) is 44.2 Å². The van der Waals surface area contributed by atoms with Crippen molar-refractivity contribution in [3.8, 4) is 0 Å². The molecular formula is C14H18O2. The summed E-state index contributed by atoms with van der Waals surface area (Å²) in [6.45, 7) is 4.37. The molecule has 1 aliphatic rings. The molecule has 0 bridgehead atoms. The second kappa shape index (κ2) is 4.81. The highest BCUT2D eigenvalue weighted by molar-refractivity contribution is 5.30. The number of methoxy groups -OCH3 is 1. The zero-order valence-corrected chi connectivity index (χ0v) is 10.0. The fourth-order valence-electron chi connectivity index (χ4n) is 2.01. The van der Waals surface area contributed by atoms with Crippen LogP contribution in [0.2, 0.25) is 0 Å². The molecule has 0 N–H and O–H groups in total. The van der Waals surface area contributed by atoms with Crippen LogP contribution in [0.4, 0.5) is 0 Å². The molecule has 1 aliphatic heterocycles. The van der Waals surface area contributed by atoms with Crippen LogP contribution >= 0.6 is 0 Å². The van der Waals surface area contributed by atoms with Crippen LogP contribution in [-0.4, -0.2) is 13.4 Å². The van der Waals surface area contributed by atoms with Crippen LogP contribution in [0.15, 0.2) is 42.0 Å². The van der Waals surface area contributed by atoms with E-state index in [1.54, 1.807) is 7.11 Å². The van der Waals surface area contributed by atoms with Crippen molar-refractivity contribution in [3.05, 3.63) is 47.5 Å². The van der Waals surface area contributed by atoms with Gasteiger partial charge in [-0.15, -0.1) is 0 Å². The van der Waals surface area contributed by atoms with Crippen LogP contribution in [0.1, 0.15) is 25.5 Å². The van der Waals surface area contributed by atoms with Gasteiger partial charge in [0.2, 0.25) is 0 Å². The number of rotatable bonds is 3. The van der Waals surface area contributed by atoms with Crippen LogP contribution in [0, 0.1) is 5.92 Å². The van der Waals surface area contributed by atoms with Crippen molar-refractivity contribution in [1.82, 2.24) is 0 Å². The lowest BCUT2D eigenvalue weighted by molar-refractivity contribution is -0.101. The molecule has 16 heavy (non-hydrogen) atoms. The average molecular weight is 218 g/mol. The Labute approximate surface area is 96.9 Å². The van der Waals surface area contributed by atoms with Crippen molar-refractivity contribution < 1.29 is 9.47 Å². The SMILES string of the molecule is COC1C=C(C(C)C)C(c2ccccc2)O1. The van der Waals surface area contributed by atoms with Gasteiger partial charge in [0.05, 0.1) is 0 Å². The van der Waals surface area contributed by atoms with Gasteiger partial charge in [0.1, 0.15) is 6.10 Å². The van der Waals surface area contributed by atoms with Gasteiger partial charge in [0, 0.05) is 7.11 Å². The molecule has 2 nitrogen and oxygen atoms in total. The largest absolute Gasteiger partial charge is 0.352 e. The second-order valence-corrected chi connectivity index (χ2v) is 4.35. The Kier molecular flexibility index (Phi) is 3.42. The summed E-state index contributed by atoms with van der Waals surface area (Å²) in [7, 11) is 1.67. The first-order valence-electron chi connectivity index (χ1n) is 5.67. The molecule has 2 unspecified atom stereocenters. The fraction of sp³-hybridized carbons (Fsp3) is 0.429. The maximum atomic E-state index is 5.86. The lowest BCUT2D eigenvalue weighted by Gasteiger charge is -2.18. The van der Waals surface area contributed by atoms with E-state index in [1.807, 2.05) is 18.2 Å². The van der Waals surface area contributed by atoms with Crippen LogP contribution in [0.3, 0.4) is 0 Å². The molecular weight excluding hydrogens is 200 g/mol. The van der Waals surface area contributed by atoms with Crippen LogP contribution in [0.5, 0.6) is 0 Å². The predicted octanol–water partition coefficient (Wildman–Crippen LogP) is 3.31. The third-order valence-corrected chi connectivity index (χ3v) is 2.90. The Morgan fingerprint density at radius 2 is 1.88 bits per heavy atom. The highest BCUT2D eigenvalue weighted by Crippen LogP contribution is 2.37. The number of benzene rings is 1. The van der Waals surface area contributed by atoms with E-state index in [1.165, 1.54) is 11.1 Å². The Bertz CT molecular complexity index is 368. The molecule has 2 atom stereocenters. The monoisotopic (exact) mass is 218 g/mol. The van der Waals surface area contributed by atoms with E-state index in [0.717, 1.165) is 0 Å². The molecule has 0 radical (unpaired) electrons. The Morgan fingerprint density at radius 3 is 2.44 bits per heavy atom. The molecule has 1 aromatic rings. The van der Waals surface area contributed by atoms with E-state index < -0.39 is 0 Å². The van der Waals surface area contributed by atoms with E-state index in [9.17, 15) is 0 Å². The van der Waals surface area contributed by atoms with Crippen molar-refractivity contribution in [3.63, 3.8) is 0 Å². The van der Waals surface area contributed by atoms with Crippen molar-refractivity contribution in [2.45, 2.75) is 26.2 Å². The van der Waals surface area contributed by atoms with Crippen molar-refractivity contribution in [2.75, 3.05) is 7.11 Å². The average Bonchev–Trinajstić information content (AvgIpc) is 2.74. The normalized spacial score (nSPS) is 24.9. The molecule has 2 heteroatoms. The van der Waals surface area contributed by atoms with E-state index >= 15 is 0 Å². The quantitative estimate of drug-likeness (QED) is 0.725. The maximum absolute atomic E-state index is 5.86. The molecule has 0 spiro atoms. The second-order valence-electron chi connectivity index (χ2n) is 4.35. The fourth-order valence-corrected chi connectivity index (χ4v) is 2.01. The standard InChI is InChI=1S/C14H18O2/c1-10(2)12-9-13(15-3)16-14(12)11-7-5-4-6-8-11/h4-10,13-14H,1-3H3. The number of ether oxygens (including phenoxy) is 2. The summed E-state index contributed by atoms with van der Waals surface area (Å²) in [6.07, 6.45) is 1.93. The molecule has 0 fully saturated rings. The minimum absolute atomic E-state index is 0.0474. The van der Waals surface area contributed by atoms with Crippen molar-refractivity contribution in [1.29, 1.82) is 0 Å². The van der Waals surface area contributed by atoms with E-state index in [4.69, 9.17) is 9.47 Å². The van der Waals surface area contributed by atoms with Gasteiger partial charge in [-0.3, -0.25) is 0 Å². The van der Waals surface area contributed by atoms with Gasteiger partial charge in [-0.05, 0) is 23.1 Å². The van der Waals surface area contributed by atoms with Gasteiger partial charge in [0.25, 0.3) is 0 Å². The van der Waals surface area contributed by atoms with Gasteiger partial charge in [-0.2, -0.15) is 0 Å². The first-order chi connectivity index (χ1) is 7.72. The molecule has 0 aliphatic carbocycles. The van der Waals surface area contributed by atoms with Crippen molar-refractivity contribution >= 4 is 0 Å². The third-order valence-electron chi connectivity index (χ3n) is 2.90. The predicted molar refractivity (Wildman–Crippen MR) is 64.0 cm³/mol. The zero-order chi connectivity index (χ0) is 11.5. The molecule has 86 valence electrons. The summed E-state index contributed by atoms with van der Waals surface area (Å²) in [6, 6.07) is 10.3. The van der Waals surface area contributed by atoms with E-state index in [2.05, 4.69) is 32.1 Å². The van der Waals surface area contributed by atoms with Crippen LogP contribution in [0.25, 0.3) is 0 Å². The van der Waals surface area contributed by atoms with E-state index in [0.29, 0.717) is 5.92 Å². The minimum atomic E-state index is -0.206.